The van der Waals surface area contributed by atoms with Crippen molar-refractivity contribution in [2.75, 3.05) is 14.2 Å². The quantitative estimate of drug-likeness (QED) is 0.605. The lowest BCUT2D eigenvalue weighted by atomic mass is 9.85. The van der Waals surface area contributed by atoms with Gasteiger partial charge in [-0.15, -0.1) is 0 Å². The summed E-state index contributed by atoms with van der Waals surface area (Å²) >= 11 is 0. The minimum Gasteiger partial charge on any atom is -0.508 e. The van der Waals surface area contributed by atoms with Crippen LogP contribution in [0.3, 0.4) is 0 Å². The van der Waals surface area contributed by atoms with Crippen molar-refractivity contribution >= 4 is 0 Å². The van der Waals surface area contributed by atoms with E-state index in [9.17, 15) is 15.3 Å². The van der Waals surface area contributed by atoms with Crippen LogP contribution >= 0.6 is 0 Å². The molecule has 3 aromatic rings. The summed E-state index contributed by atoms with van der Waals surface area (Å²) in [6.07, 6.45) is 0. The highest BCUT2D eigenvalue weighted by molar-refractivity contribution is 5.53. The zero-order chi connectivity index (χ0) is 18.7. The van der Waals surface area contributed by atoms with Crippen LogP contribution in [0.1, 0.15) is 22.6 Å². The van der Waals surface area contributed by atoms with Gasteiger partial charge in [-0.25, -0.2) is 0 Å². The molecule has 134 valence electrons. The molecule has 0 saturated heterocycles. The molecule has 3 N–H and O–H groups in total. The molecule has 3 aromatic carbocycles. The molecule has 0 aliphatic rings. The fourth-order valence-corrected chi connectivity index (χ4v) is 2.99. The summed E-state index contributed by atoms with van der Waals surface area (Å²) in [4.78, 5) is 0. The lowest BCUT2D eigenvalue weighted by molar-refractivity contribution is 0.372. The van der Waals surface area contributed by atoms with E-state index in [2.05, 4.69) is 0 Å². The van der Waals surface area contributed by atoms with Crippen molar-refractivity contribution in [1.29, 1.82) is 0 Å². The van der Waals surface area contributed by atoms with Gasteiger partial charge >= 0.3 is 0 Å². The van der Waals surface area contributed by atoms with Gasteiger partial charge in [-0.1, -0.05) is 24.3 Å². The number of hydrogen-bond acceptors (Lipinski definition) is 5. The van der Waals surface area contributed by atoms with Gasteiger partial charge in [0.2, 0.25) is 0 Å². The number of benzene rings is 3. The van der Waals surface area contributed by atoms with Crippen LogP contribution in [0, 0.1) is 0 Å². The van der Waals surface area contributed by atoms with Crippen LogP contribution in [-0.4, -0.2) is 29.5 Å². The van der Waals surface area contributed by atoms with Crippen molar-refractivity contribution in [3.63, 3.8) is 0 Å². The highest BCUT2D eigenvalue weighted by Gasteiger charge is 2.20. The third-order valence-corrected chi connectivity index (χ3v) is 4.30. The lowest BCUT2D eigenvalue weighted by Gasteiger charge is -2.21. The van der Waals surface area contributed by atoms with Crippen LogP contribution in [0.15, 0.2) is 60.7 Å². The van der Waals surface area contributed by atoms with Gasteiger partial charge in [0.1, 0.15) is 5.75 Å². The van der Waals surface area contributed by atoms with Gasteiger partial charge in [-0.3, -0.25) is 0 Å². The van der Waals surface area contributed by atoms with Crippen molar-refractivity contribution in [3.8, 4) is 28.7 Å². The average molecular weight is 352 g/mol. The van der Waals surface area contributed by atoms with Crippen LogP contribution in [0.5, 0.6) is 28.7 Å². The number of ether oxygens (including phenoxy) is 2. The Bertz CT molecular complexity index is 849. The molecule has 0 heterocycles. The molecule has 0 spiro atoms. The van der Waals surface area contributed by atoms with Gasteiger partial charge in [-0.2, -0.15) is 0 Å². The van der Waals surface area contributed by atoms with Crippen LogP contribution < -0.4 is 9.47 Å². The summed E-state index contributed by atoms with van der Waals surface area (Å²) in [6, 6.07) is 17.2. The van der Waals surface area contributed by atoms with E-state index in [1.54, 1.807) is 36.4 Å². The fourth-order valence-electron chi connectivity index (χ4n) is 2.99. The van der Waals surface area contributed by atoms with Crippen LogP contribution in [0.2, 0.25) is 0 Å². The van der Waals surface area contributed by atoms with E-state index in [0.29, 0.717) is 11.5 Å². The Morgan fingerprint density at radius 3 is 1.46 bits per heavy atom. The molecule has 3 rings (SSSR count). The predicted octanol–water partition coefficient (Wildman–Crippen LogP) is 4.00. The van der Waals surface area contributed by atoms with Gasteiger partial charge < -0.3 is 24.8 Å². The Kier molecular flexibility index (Phi) is 4.89. The molecule has 0 bridgehead atoms. The second-order valence-corrected chi connectivity index (χ2v) is 5.89. The van der Waals surface area contributed by atoms with Crippen LogP contribution in [0.25, 0.3) is 0 Å². The highest BCUT2D eigenvalue weighted by Crippen LogP contribution is 2.39. The minimum atomic E-state index is -0.209. The number of aromatic hydroxyl groups is 3. The van der Waals surface area contributed by atoms with Crippen LogP contribution in [-0.2, 0) is 0 Å². The topological polar surface area (TPSA) is 79.2 Å². The molecule has 0 atom stereocenters. The summed E-state index contributed by atoms with van der Waals surface area (Å²) in [5.74, 6) is 0.834. The first-order chi connectivity index (χ1) is 12.5. The SMILES string of the molecule is COc1cc(C(c2ccc(O)cc2)c2ccc(O)c(OC)c2)ccc1O. The van der Waals surface area contributed by atoms with Gasteiger partial charge in [0.25, 0.3) is 0 Å². The van der Waals surface area contributed by atoms with Crippen LogP contribution in [0.4, 0.5) is 0 Å². The number of phenolic OH excluding ortho intramolecular Hbond substituents is 3. The molecular weight excluding hydrogens is 332 g/mol. The Hall–Kier alpha value is -3.34. The first-order valence-corrected chi connectivity index (χ1v) is 8.06. The second kappa shape index (κ2) is 7.27. The summed E-state index contributed by atoms with van der Waals surface area (Å²) in [7, 11) is 3.00. The third-order valence-electron chi connectivity index (χ3n) is 4.30. The van der Waals surface area contributed by atoms with E-state index < -0.39 is 0 Å². The Morgan fingerprint density at radius 1 is 0.615 bits per heavy atom. The zero-order valence-electron chi connectivity index (χ0n) is 14.5. The maximum atomic E-state index is 9.90. The zero-order valence-corrected chi connectivity index (χ0v) is 14.5. The van der Waals surface area contributed by atoms with Crippen molar-refractivity contribution in [2.24, 2.45) is 0 Å². The third kappa shape index (κ3) is 3.37. The highest BCUT2D eigenvalue weighted by atomic mass is 16.5. The van der Waals surface area contributed by atoms with E-state index in [1.807, 2.05) is 24.3 Å². The van der Waals surface area contributed by atoms with E-state index in [0.717, 1.165) is 16.7 Å². The second-order valence-electron chi connectivity index (χ2n) is 5.89. The molecule has 0 amide bonds. The molecule has 0 unspecified atom stereocenters. The van der Waals surface area contributed by atoms with Gasteiger partial charge in [0.15, 0.2) is 23.0 Å². The van der Waals surface area contributed by atoms with Gasteiger partial charge in [-0.05, 0) is 53.1 Å². The fraction of sp³-hybridized carbons (Fsp3) is 0.143. The van der Waals surface area contributed by atoms with Crippen molar-refractivity contribution in [3.05, 3.63) is 77.4 Å². The maximum Gasteiger partial charge on any atom is 0.160 e. The molecular formula is C21H20O5. The molecule has 5 heteroatoms. The number of rotatable bonds is 5. The van der Waals surface area contributed by atoms with Gasteiger partial charge in [0, 0.05) is 5.92 Å². The van der Waals surface area contributed by atoms with E-state index in [4.69, 9.17) is 9.47 Å². The lowest BCUT2D eigenvalue weighted by Crippen LogP contribution is -2.04. The molecule has 0 aliphatic heterocycles. The van der Waals surface area contributed by atoms with E-state index in [-0.39, 0.29) is 23.2 Å². The summed E-state index contributed by atoms with van der Waals surface area (Å²) in [6.45, 7) is 0. The molecule has 0 aliphatic carbocycles. The standard InChI is InChI=1S/C21H20O5/c1-25-19-11-14(5-9-17(19)23)21(13-3-7-16(22)8-4-13)15-6-10-18(24)20(12-15)26-2/h3-12,21-24H,1-2H3. The Balaban J connectivity index is 2.18. The molecule has 0 saturated carbocycles. The number of phenols is 3. The Morgan fingerprint density at radius 2 is 1.04 bits per heavy atom. The number of methoxy groups -OCH3 is 2. The predicted molar refractivity (Wildman–Crippen MR) is 98.4 cm³/mol. The summed E-state index contributed by atoms with van der Waals surface area (Å²) in [5.41, 5.74) is 2.71. The number of hydrogen-bond donors (Lipinski definition) is 3. The molecule has 0 radical (unpaired) electrons. The van der Waals surface area contributed by atoms with E-state index in [1.165, 1.54) is 14.2 Å². The normalized spacial score (nSPS) is 10.7. The maximum absolute atomic E-state index is 9.90. The first-order valence-electron chi connectivity index (χ1n) is 8.06. The van der Waals surface area contributed by atoms with Crippen molar-refractivity contribution in [2.45, 2.75) is 5.92 Å². The van der Waals surface area contributed by atoms with E-state index >= 15 is 0 Å². The molecule has 0 aromatic heterocycles. The first kappa shape index (κ1) is 17.5. The summed E-state index contributed by atoms with van der Waals surface area (Å²) < 4.78 is 10.5. The largest absolute Gasteiger partial charge is 0.508 e. The summed E-state index contributed by atoms with van der Waals surface area (Å²) in [5, 5.41) is 29.4. The minimum absolute atomic E-state index is 0.0593. The molecule has 0 fully saturated rings. The van der Waals surface area contributed by atoms with Crippen molar-refractivity contribution in [1.82, 2.24) is 0 Å². The van der Waals surface area contributed by atoms with Gasteiger partial charge in [0.05, 0.1) is 14.2 Å². The monoisotopic (exact) mass is 352 g/mol. The molecule has 26 heavy (non-hydrogen) atoms. The van der Waals surface area contributed by atoms with Crippen molar-refractivity contribution < 1.29 is 24.8 Å². The smallest absolute Gasteiger partial charge is 0.160 e. The Labute approximate surface area is 151 Å². The molecule has 5 nitrogen and oxygen atoms in total. The average Bonchev–Trinajstić information content (AvgIpc) is 2.66.